The second-order valence-corrected chi connectivity index (χ2v) is 10.1. The zero-order valence-corrected chi connectivity index (χ0v) is 21.8. The van der Waals surface area contributed by atoms with E-state index >= 15 is 0 Å². The van der Waals surface area contributed by atoms with Crippen LogP contribution in [-0.4, -0.2) is 4.98 Å². The molecule has 0 saturated heterocycles. The van der Waals surface area contributed by atoms with Gasteiger partial charge in [0.2, 0.25) is 0 Å². The lowest BCUT2D eigenvalue weighted by Gasteiger charge is -2.04. The maximum absolute atomic E-state index is 6.77. The van der Waals surface area contributed by atoms with Crippen molar-refractivity contribution in [3.8, 4) is 34.6 Å². The molecule has 0 aliphatic rings. The molecule has 3 nitrogen and oxygen atoms in total. The highest BCUT2D eigenvalue weighted by Crippen LogP contribution is 2.41. The highest BCUT2D eigenvalue weighted by molar-refractivity contribution is 6.15. The van der Waals surface area contributed by atoms with Crippen molar-refractivity contribution in [2.45, 2.75) is 6.92 Å². The van der Waals surface area contributed by atoms with Gasteiger partial charge in [-0.05, 0) is 30.7 Å². The number of hydrogen-bond acceptors (Lipinski definition) is 2. The number of nitrogens with one attached hydrogen (secondary N) is 1. The van der Waals surface area contributed by atoms with Crippen LogP contribution in [0.25, 0.3) is 89.1 Å². The van der Waals surface area contributed by atoms with Crippen LogP contribution in [0.1, 0.15) is 6.92 Å². The van der Waals surface area contributed by atoms with Gasteiger partial charge in [0, 0.05) is 65.9 Å². The summed E-state index contributed by atoms with van der Waals surface area (Å²) in [4.78, 5) is 3.53. The van der Waals surface area contributed by atoms with Crippen LogP contribution in [0.5, 0.6) is 0 Å². The summed E-state index contributed by atoms with van der Waals surface area (Å²) in [5.41, 5.74) is 9.62. The molecular formula is C37H23NO2. The predicted octanol–water partition coefficient (Wildman–Crippen LogP) is 8.51. The van der Waals surface area contributed by atoms with Gasteiger partial charge in [-0.1, -0.05) is 90.9 Å². The molecule has 8 rings (SSSR count). The van der Waals surface area contributed by atoms with Gasteiger partial charge in [-0.15, -0.1) is 6.42 Å². The summed E-state index contributed by atoms with van der Waals surface area (Å²) in [6.07, 6.45) is 9.31. The molecule has 0 spiro atoms. The number of hydrogen-bond donors (Lipinski definition) is 1. The van der Waals surface area contributed by atoms with Crippen molar-refractivity contribution in [2.75, 3.05) is 0 Å². The van der Waals surface area contributed by atoms with E-state index in [1.54, 1.807) is 6.08 Å². The predicted molar refractivity (Wildman–Crippen MR) is 166 cm³/mol. The Balaban J connectivity index is 1.39. The van der Waals surface area contributed by atoms with Crippen molar-refractivity contribution >= 4 is 66.9 Å². The fourth-order valence-electron chi connectivity index (χ4n) is 6.12. The third kappa shape index (κ3) is 3.14. The fourth-order valence-corrected chi connectivity index (χ4v) is 6.12. The molecule has 8 aromatic rings. The highest BCUT2D eigenvalue weighted by Gasteiger charge is 2.18. The number of rotatable bonds is 2. The summed E-state index contributed by atoms with van der Waals surface area (Å²) in [5.74, 6) is 2.61. The summed E-state index contributed by atoms with van der Waals surface area (Å²) < 4.78 is 13.1. The van der Waals surface area contributed by atoms with Crippen molar-refractivity contribution in [3.05, 3.63) is 108 Å². The van der Waals surface area contributed by atoms with E-state index in [-0.39, 0.29) is 0 Å². The van der Waals surface area contributed by atoms with Crippen LogP contribution in [0.4, 0.5) is 0 Å². The lowest BCUT2D eigenvalue weighted by atomic mass is 9.98. The van der Waals surface area contributed by atoms with Crippen LogP contribution in [0, 0.1) is 12.3 Å². The van der Waals surface area contributed by atoms with Crippen molar-refractivity contribution < 1.29 is 8.83 Å². The number of aromatic amines is 1. The number of para-hydroxylation sites is 4. The molecule has 0 unspecified atom stereocenters. The Hall–Kier alpha value is -5.46. The molecule has 40 heavy (non-hydrogen) atoms. The first-order valence-corrected chi connectivity index (χ1v) is 13.3. The Morgan fingerprint density at radius 2 is 1.25 bits per heavy atom. The Morgan fingerprint density at radius 1 is 0.625 bits per heavy atom. The lowest BCUT2D eigenvalue weighted by Crippen LogP contribution is -2.18. The first kappa shape index (κ1) is 22.5. The van der Waals surface area contributed by atoms with Crippen molar-refractivity contribution in [1.82, 2.24) is 4.98 Å². The maximum atomic E-state index is 6.77. The number of aromatic nitrogens is 1. The number of H-pyrrole nitrogens is 1. The standard InChI is InChI=1S/C37H23NO2/c1-3-10-34-23(4-2)26-13-8-15-28(36(26)39-34)30-17-9-16-29-27-14-7-12-24(35(27)40-37(29)30)22-19-20-33-31(21-22)25-11-5-6-18-32(25)38-33/h1,4-21,38H,2H3/b23-4-,34-10+. The molecular weight excluding hydrogens is 490 g/mol. The SMILES string of the molecule is C#C/C=c1/oc2c(-c3cccc4c3oc3c(-c5ccc6[nH]c7ccccc7c6c5)cccc34)cccc2/c1=C/C. The average molecular weight is 514 g/mol. The van der Waals surface area contributed by atoms with Gasteiger partial charge in [0.15, 0.2) is 0 Å². The van der Waals surface area contributed by atoms with Crippen molar-refractivity contribution in [1.29, 1.82) is 0 Å². The molecule has 0 saturated carbocycles. The summed E-state index contributed by atoms with van der Waals surface area (Å²) in [6, 6.07) is 33.9. The molecule has 5 aromatic carbocycles. The smallest absolute Gasteiger partial charge is 0.143 e. The van der Waals surface area contributed by atoms with Crippen LogP contribution in [0.3, 0.4) is 0 Å². The van der Waals surface area contributed by atoms with Gasteiger partial charge < -0.3 is 13.8 Å². The second-order valence-electron chi connectivity index (χ2n) is 10.1. The minimum Gasteiger partial charge on any atom is -0.455 e. The summed E-state index contributed by atoms with van der Waals surface area (Å²) >= 11 is 0. The first-order chi connectivity index (χ1) is 19.7. The minimum atomic E-state index is 0.694. The Kier molecular flexibility index (Phi) is 4.80. The van der Waals surface area contributed by atoms with E-state index in [0.717, 1.165) is 71.4 Å². The Bertz CT molecular complexity index is 2460. The molecule has 3 heteroatoms. The zero-order chi connectivity index (χ0) is 26.8. The molecule has 0 aliphatic carbocycles. The fraction of sp³-hybridized carbons (Fsp3) is 0.0270. The van der Waals surface area contributed by atoms with Gasteiger partial charge in [0.05, 0.1) is 0 Å². The highest BCUT2D eigenvalue weighted by atomic mass is 16.3. The second kappa shape index (κ2) is 8.53. The van der Waals surface area contributed by atoms with Crippen molar-refractivity contribution in [3.63, 3.8) is 0 Å². The molecule has 3 aromatic heterocycles. The molecule has 0 aliphatic heterocycles. The molecule has 1 N–H and O–H groups in total. The molecule has 188 valence electrons. The van der Waals surface area contributed by atoms with Crippen LogP contribution < -0.4 is 10.6 Å². The Labute approximate surface area is 229 Å². The molecule has 0 fully saturated rings. The van der Waals surface area contributed by atoms with E-state index in [1.165, 1.54) is 10.8 Å². The quantitative estimate of drug-likeness (QED) is 0.235. The van der Waals surface area contributed by atoms with E-state index in [1.807, 2.05) is 13.0 Å². The average Bonchev–Trinajstić information content (AvgIpc) is 3.67. The van der Waals surface area contributed by atoms with Gasteiger partial charge in [0.1, 0.15) is 22.2 Å². The van der Waals surface area contributed by atoms with E-state index in [4.69, 9.17) is 15.3 Å². The largest absolute Gasteiger partial charge is 0.455 e. The maximum Gasteiger partial charge on any atom is 0.143 e. The van der Waals surface area contributed by atoms with Crippen molar-refractivity contribution in [2.24, 2.45) is 0 Å². The van der Waals surface area contributed by atoms with Gasteiger partial charge in [-0.3, -0.25) is 0 Å². The van der Waals surface area contributed by atoms with Crippen LogP contribution in [0.15, 0.2) is 106 Å². The van der Waals surface area contributed by atoms with Crippen LogP contribution in [0.2, 0.25) is 0 Å². The monoisotopic (exact) mass is 513 g/mol. The van der Waals surface area contributed by atoms with Crippen LogP contribution in [-0.2, 0) is 0 Å². The van der Waals surface area contributed by atoms with Gasteiger partial charge in [-0.25, -0.2) is 0 Å². The summed E-state index contributed by atoms with van der Waals surface area (Å²) in [6.45, 7) is 2.00. The molecule has 0 amide bonds. The van der Waals surface area contributed by atoms with Gasteiger partial charge >= 0.3 is 0 Å². The molecule has 0 radical (unpaired) electrons. The third-order valence-corrected chi connectivity index (χ3v) is 7.92. The number of benzene rings is 5. The number of terminal acetylenes is 1. The number of furan rings is 2. The first-order valence-electron chi connectivity index (χ1n) is 13.3. The van der Waals surface area contributed by atoms with E-state index in [0.29, 0.717) is 5.42 Å². The van der Waals surface area contributed by atoms with Gasteiger partial charge in [0.25, 0.3) is 0 Å². The van der Waals surface area contributed by atoms with Crippen LogP contribution >= 0.6 is 0 Å². The number of fused-ring (bicyclic) bond motifs is 7. The lowest BCUT2D eigenvalue weighted by molar-refractivity contribution is 0.576. The molecule has 3 heterocycles. The zero-order valence-electron chi connectivity index (χ0n) is 21.8. The Morgan fingerprint density at radius 3 is 2.00 bits per heavy atom. The normalized spacial score (nSPS) is 12.9. The third-order valence-electron chi connectivity index (χ3n) is 7.92. The summed E-state index contributed by atoms with van der Waals surface area (Å²) in [7, 11) is 0. The topological polar surface area (TPSA) is 42.1 Å². The van der Waals surface area contributed by atoms with E-state index in [2.05, 4.69) is 108 Å². The molecule has 0 bridgehead atoms. The van der Waals surface area contributed by atoms with Gasteiger partial charge in [-0.2, -0.15) is 0 Å². The van der Waals surface area contributed by atoms with E-state index in [9.17, 15) is 0 Å². The summed E-state index contributed by atoms with van der Waals surface area (Å²) in [5, 5.41) is 6.61. The van der Waals surface area contributed by atoms with E-state index < -0.39 is 0 Å². The molecule has 0 atom stereocenters. The minimum absolute atomic E-state index is 0.694.